The number of carbonyl (C=O) groups excluding carboxylic acids is 1. The van der Waals surface area contributed by atoms with Gasteiger partial charge in [-0.25, -0.2) is 0 Å². The molecule has 0 aromatic rings. The van der Waals surface area contributed by atoms with Crippen molar-refractivity contribution >= 4 is 5.91 Å². The lowest BCUT2D eigenvalue weighted by atomic mass is 10.0. The van der Waals surface area contributed by atoms with E-state index in [0.717, 1.165) is 13.0 Å². The second-order valence-electron chi connectivity index (χ2n) is 5.10. The molecule has 0 aliphatic carbocycles. The first-order chi connectivity index (χ1) is 7.41. The summed E-state index contributed by atoms with van der Waals surface area (Å²) in [6, 6.07) is -0.113. The number of rotatable bonds is 7. The Bertz CT molecular complexity index is 202. The molecule has 0 rings (SSSR count). The molecule has 0 fully saturated rings. The summed E-state index contributed by atoms with van der Waals surface area (Å²) < 4.78 is 0. The number of unbranched alkanes of at least 4 members (excludes halogenated alkanes) is 2. The molecule has 96 valence electrons. The van der Waals surface area contributed by atoms with Crippen LogP contribution in [-0.2, 0) is 4.79 Å². The summed E-state index contributed by atoms with van der Waals surface area (Å²) in [5.41, 5.74) is 5.91. The highest BCUT2D eigenvalue weighted by molar-refractivity contribution is 5.82. The molecule has 3 heteroatoms. The van der Waals surface area contributed by atoms with Crippen molar-refractivity contribution in [2.24, 2.45) is 11.7 Å². The first-order valence-electron chi connectivity index (χ1n) is 6.47. The van der Waals surface area contributed by atoms with Crippen molar-refractivity contribution in [1.82, 2.24) is 4.90 Å². The molecule has 1 atom stereocenters. The summed E-state index contributed by atoms with van der Waals surface area (Å²) in [5.74, 6) is 0.307. The largest absolute Gasteiger partial charge is 0.339 e. The van der Waals surface area contributed by atoms with Crippen molar-refractivity contribution in [3.05, 3.63) is 0 Å². The Morgan fingerprint density at radius 1 is 1.19 bits per heavy atom. The summed E-state index contributed by atoms with van der Waals surface area (Å²) >= 11 is 0. The number of amides is 1. The molecule has 0 radical (unpaired) electrons. The van der Waals surface area contributed by atoms with E-state index in [1.807, 2.05) is 18.7 Å². The topological polar surface area (TPSA) is 46.3 Å². The quantitative estimate of drug-likeness (QED) is 0.680. The van der Waals surface area contributed by atoms with Crippen molar-refractivity contribution in [2.45, 2.75) is 66.0 Å². The third kappa shape index (κ3) is 4.97. The highest BCUT2D eigenvalue weighted by atomic mass is 16.2. The van der Waals surface area contributed by atoms with Gasteiger partial charge in [-0.2, -0.15) is 0 Å². The van der Waals surface area contributed by atoms with Gasteiger partial charge < -0.3 is 10.6 Å². The summed E-state index contributed by atoms with van der Waals surface area (Å²) in [7, 11) is 0. The molecule has 2 N–H and O–H groups in total. The van der Waals surface area contributed by atoms with Gasteiger partial charge in [-0.05, 0) is 26.2 Å². The number of hydrogen-bond acceptors (Lipinski definition) is 2. The molecular formula is C13H28N2O. The molecule has 0 heterocycles. The van der Waals surface area contributed by atoms with Crippen molar-refractivity contribution in [3.8, 4) is 0 Å². The van der Waals surface area contributed by atoms with Gasteiger partial charge in [0.05, 0.1) is 6.04 Å². The number of carbonyl (C=O) groups is 1. The second kappa shape index (κ2) is 7.66. The van der Waals surface area contributed by atoms with E-state index in [2.05, 4.69) is 20.8 Å². The minimum Gasteiger partial charge on any atom is -0.339 e. The SMILES string of the molecule is CCCCCN(C(=O)[C@H](N)C(C)C)C(C)C. The van der Waals surface area contributed by atoms with Crippen molar-refractivity contribution in [3.63, 3.8) is 0 Å². The normalized spacial score (nSPS) is 13.2. The van der Waals surface area contributed by atoms with Gasteiger partial charge in [0, 0.05) is 12.6 Å². The van der Waals surface area contributed by atoms with E-state index in [1.54, 1.807) is 0 Å². The van der Waals surface area contributed by atoms with Crippen LogP contribution >= 0.6 is 0 Å². The lowest BCUT2D eigenvalue weighted by Crippen LogP contribution is -2.49. The van der Waals surface area contributed by atoms with Gasteiger partial charge in [-0.15, -0.1) is 0 Å². The Hall–Kier alpha value is -0.570. The molecule has 1 amide bonds. The third-order valence-corrected chi connectivity index (χ3v) is 2.91. The highest BCUT2D eigenvalue weighted by Crippen LogP contribution is 2.09. The monoisotopic (exact) mass is 228 g/mol. The maximum absolute atomic E-state index is 12.1. The molecule has 0 aromatic heterocycles. The Labute approximate surface area is 100 Å². The van der Waals surface area contributed by atoms with Crippen LogP contribution in [0, 0.1) is 5.92 Å². The predicted molar refractivity (Wildman–Crippen MR) is 69.2 cm³/mol. The Kier molecular flexibility index (Phi) is 7.39. The van der Waals surface area contributed by atoms with Gasteiger partial charge in [0.15, 0.2) is 0 Å². The van der Waals surface area contributed by atoms with Crippen molar-refractivity contribution in [1.29, 1.82) is 0 Å². The summed E-state index contributed by atoms with van der Waals surface area (Å²) in [4.78, 5) is 14.0. The van der Waals surface area contributed by atoms with Gasteiger partial charge in [0.2, 0.25) is 5.91 Å². The van der Waals surface area contributed by atoms with E-state index in [9.17, 15) is 4.79 Å². The van der Waals surface area contributed by atoms with Crippen LogP contribution in [0.3, 0.4) is 0 Å². The van der Waals surface area contributed by atoms with E-state index < -0.39 is 0 Å². The lowest BCUT2D eigenvalue weighted by Gasteiger charge is -2.30. The molecule has 0 aromatic carbocycles. The molecule has 0 spiro atoms. The fourth-order valence-corrected chi connectivity index (χ4v) is 1.63. The first-order valence-corrected chi connectivity index (χ1v) is 6.47. The Morgan fingerprint density at radius 2 is 1.75 bits per heavy atom. The Morgan fingerprint density at radius 3 is 2.12 bits per heavy atom. The molecule has 0 aliphatic rings. The summed E-state index contributed by atoms with van der Waals surface area (Å²) in [5, 5.41) is 0. The standard InChI is InChI=1S/C13H28N2O/c1-6-7-8-9-15(11(4)5)13(16)12(14)10(2)3/h10-12H,6-9,14H2,1-5H3/t12-/m1/s1. The Balaban J connectivity index is 4.35. The molecule has 0 bridgehead atoms. The molecule has 0 saturated carbocycles. The zero-order chi connectivity index (χ0) is 12.7. The lowest BCUT2D eigenvalue weighted by molar-refractivity contribution is -0.135. The van der Waals surface area contributed by atoms with Crippen LogP contribution in [0.1, 0.15) is 53.9 Å². The zero-order valence-corrected chi connectivity index (χ0v) is 11.5. The minimum atomic E-state index is -0.357. The second-order valence-corrected chi connectivity index (χ2v) is 5.10. The van der Waals surface area contributed by atoms with Crippen LogP contribution in [0.15, 0.2) is 0 Å². The number of nitrogens with zero attached hydrogens (tertiary/aromatic N) is 1. The van der Waals surface area contributed by atoms with Crippen LogP contribution in [0.2, 0.25) is 0 Å². The van der Waals surface area contributed by atoms with E-state index in [4.69, 9.17) is 5.73 Å². The van der Waals surface area contributed by atoms with Crippen LogP contribution in [0.25, 0.3) is 0 Å². The van der Waals surface area contributed by atoms with Crippen LogP contribution in [0.5, 0.6) is 0 Å². The zero-order valence-electron chi connectivity index (χ0n) is 11.5. The van der Waals surface area contributed by atoms with Gasteiger partial charge in [0.25, 0.3) is 0 Å². The molecule has 16 heavy (non-hydrogen) atoms. The molecule has 0 unspecified atom stereocenters. The average molecular weight is 228 g/mol. The highest BCUT2D eigenvalue weighted by Gasteiger charge is 2.24. The molecule has 0 saturated heterocycles. The number of nitrogens with two attached hydrogens (primary N) is 1. The smallest absolute Gasteiger partial charge is 0.239 e. The van der Waals surface area contributed by atoms with E-state index in [1.165, 1.54) is 12.8 Å². The number of hydrogen-bond donors (Lipinski definition) is 1. The average Bonchev–Trinajstić information content (AvgIpc) is 2.21. The fourth-order valence-electron chi connectivity index (χ4n) is 1.63. The van der Waals surface area contributed by atoms with E-state index >= 15 is 0 Å². The fraction of sp³-hybridized carbons (Fsp3) is 0.923. The molecule has 0 aliphatic heterocycles. The van der Waals surface area contributed by atoms with Crippen molar-refractivity contribution in [2.75, 3.05) is 6.54 Å². The summed E-state index contributed by atoms with van der Waals surface area (Å²) in [6.07, 6.45) is 3.43. The third-order valence-electron chi connectivity index (χ3n) is 2.91. The van der Waals surface area contributed by atoms with Gasteiger partial charge in [-0.3, -0.25) is 4.79 Å². The van der Waals surface area contributed by atoms with Crippen LogP contribution in [0.4, 0.5) is 0 Å². The maximum Gasteiger partial charge on any atom is 0.239 e. The maximum atomic E-state index is 12.1. The summed E-state index contributed by atoms with van der Waals surface area (Å²) in [6.45, 7) is 11.1. The van der Waals surface area contributed by atoms with Crippen LogP contribution in [-0.4, -0.2) is 29.4 Å². The molecule has 3 nitrogen and oxygen atoms in total. The van der Waals surface area contributed by atoms with Crippen LogP contribution < -0.4 is 5.73 Å². The van der Waals surface area contributed by atoms with E-state index in [-0.39, 0.29) is 23.9 Å². The predicted octanol–water partition coefficient (Wildman–Crippen LogP) is 2.40. The molecular weight excluding hydrogens is 200 g/mol. The minimum absolute atomic E-state index is 0.0982. The van der Waals surface area contributed by atoms with Crippen molar-refractivity contribution < 1.29 is 4.79 Å². The van der Waals surface area contributed by atoms with Gasteiger partial charge in [-0.1, -0.05) is 33.6 Å². The van der Waals surface area contributed by atoms with Gasteiger partial charge in [0.1, 0.15) is 0 Å². The van der Waals surface area contributed by atoms with Gasteiger partial charge >= 0.3 is 0 Å². The van der Waals surface area contributed by atoms with E-state index in [0.29, 0.717) is 0 Å². The first kappa shape index (κ1) is 15.4.